The van der Waals surface area contributed by atoms with E-state index in [2.05, 4.69) is 10.1 Å². The molecule has 1 aromatic carbocycles. The van der Waals surface area contributed by atoms with Gasteiger partial charge in [0.2, 0.25) is 5.78 Å². The number of anilines is 1. The van der Waals surface area contributed by atoms with Crippen LogP contribution >= 0.6 is 0 Å². The highest BCUT2D eigenvalue weighted by Crippen LogP contribution is 2.60. The Hall–Kier alpha value is -3.82. The topological polar surface area (TPSA) is 186 Å². The molecule has 7 N–H and O–H groups in total. The van der Waals surface area contributed by atoms with Crippen molar-refractivity contribution in [3.05, 3.63) is 33.6 Å². The molecule has 2 fully saturated rings. The Bertz CT molecular complexity index is 1590. The molecule has 238 valence electrons. The number of carbonyl (C=O) groups is 3. The molecule has 2 aliphatic heterocycles. The van der Waals surface area contributed by atoms with Crippen LogP contribution in [0.25, 0.3) is 5.76 Å². The van der Waals surface area contributed by atoms with Crippen LogP contribution in [0, 0.1) is 17.8 Å². The van der Waals surface area contributed by atoms with Gasteiger partial charge in [-0.2, -0.15) is 0 Å². The van der Waals surface area contributed by atoms with Crippen molar-refractivity contribution in [3.63, 3.8) is 0 Å². The van der Waals surface area contributed by atoms with Gasteiger partial charge in [-0.3, -0.25) is 24.2 Å². The van der Waals surface area contributed by atoms with Crippen LogP contribution in [0.5, 0.6) is 11.5 Å². The van der Waals surface area contributed by atoms with Crippen molar-refractivity contribution >= 4 is 28.9 Å². The lowest BCUT2D eigenvalue weighted by atomic mass is 9.57. The number of aromatic hydroxyl groups is 1. The summed E-state index contributed by atoms with van der Waals surface area (Å²) in [5, 5.41) is 48.8. The van der Waals surface area contributed by atoms with E-state index in [9.17, 15) is 48.0 Å². The molecule has 3 aliphatic carbocycles. The number of nitrogens with zero attached hydrogens (tertiary/aromatic N) is 2. The summed E-state index contributed by atoms with van der Waals surface area (Å²) in [6.07, 6.45) is -5.08. The lowest BCUT2D eigenvalue weighted by Crippen LogP contribution is -2.65. The Morgan fingerprint density at radius 1 is 1.18 bits per heavy atom. The fourth-order valence-corrected chi connectivity index (χ4v) is 8.27. The summed E-state index contributed by atoms with van der Waals surface area (Å²) in [6, 6.07) is -1.86. The largest absolute Gasteiger partial charge is 0.573 e. The van der Waals surface area contributed by atoms with E-state index in [1.807, 2.05) is 11.8 Å². The van der Waals surface area contributed by atoms with Crippen LogP contribution in [0.1, 0.15) is 42.5 Å². The molecular weight excluding hydrogens is 589 g/mol. The van der Waals surface area contributed by atoms with Crippen LogP contribution in [0.2, 0.25) is 0 Å². The fraction of sp³-hybridized carbons (Fsp3) is 0.552. The zero-order chi connectivity index (χ0) is 32.4. The van der Waals surface area contributed by atoms with Gasteiger partial charge in [-0.1, -0.05) is 0 Å². The van der Waals surface area contributed by atoms with E-state index in [1.165, 1.54) is 19.0 Å². The molecule has 3 unspecified atom stereocenters. The molecule has 1 saturated heterocycles. The van der Waals surface area contributed by atoms with Gasteiger partial charge in [0.05, 0.1) is 17.3 Å². The Morgan fingerprint density at radius 3 is 2.43 bits per heavy atom. The second kappa shape index (κ2) is 9.59. The number of aliphatic hydroxyl groups excluding tert-OH is 2. The smallest absolute Gasteiger partial charge is 0.508 e. The van der Waals surface area contributed by atoms with E-state index in [1.54, 1.807) is 7.05 Å². The van der Waals surface area contributed by atoms with Crippen molar-refractivity contribution in [2.75, 3.05) is 33.0 Å². The number of likely N-dealkylation sites (N-methyl/N-ethyl adjacent to an activating group) is 1. The van der Waals surface area contributed by atoms with Gasteiger partial charge in [0.1, 0.15) is 22.8 Å². The summed E-state index contributed by atoms with van der Waals surface area (Å²) < 4.78 is 46.6. The van der Waals surface area contributed by atoms with E-state index < -0.39 is 93.1 Å². The highest BCUT2D eigenvalue weighted by Gasteiger charge is 2.64. The normalized spacial score (nSPS) is 33.4. The number of phenolic OH excluding ortho intramolecular Hbond substituents is 1. The summed E-state index contributed by atoms with van der Waals surface area (Å²) in [6.45, 7) is 2.26. The molecule has 1 aromatic rings. The maximum atomic E-state index is 14.1. The number of benzene rings is 1. The highest BCUT2D eigenvalue weighted by atomic mass is 19.4. The molecule has 0 bridgehead atoms. The van der Waals surface area contributed by atoms with Crippen LogP contribution in [-0.4, -0.2) is 99.4 Å². The minimum absolute atomic E-state index is 0.0148. The lowest BCUT2D eigenvalue weighted by Gasteiger charge is -2.50. The molecule has 2 heterocycles. The molecule has 6 rings (SSSR count). The molecule has 5 aliphatic rings. The van der Waals surface area contributed by atoms with Crippen LogP contribution in [0.15, 0.2) is 16.9 Å². The molecule has 15 heteroatoms. The Balaban J connectivity index is 1.61. The van der Waals surface area contributed by atoms with Crippen molar-refractivity contribution in [2.45, 2.75) is 56.3 Å². The molecule has 1 amide bonds. The van der Waals surface area contributed by atoms with Gasteiger partial charge in [0.15, 0.2) is 17.1 Å². The summed E-state index contributed by atoms with van der Waals surface area (Å²) in [5.41, 5.74) is 0.395. The number of phenols is 1. The second-order valence-corrected chi connectivity index (χ2v) is 12.7. The monoisotopic (exact) mass is 622 g/mol. The van der Waals surface area contributed by atoms with E-state index in [-0.39, 0.29) is 41.6 Å². The zero-order valence-electron chi connectivity index (χ0n) is 24.3. The SMILES string of the molecule is CC1CC2CNc3c(O)c4c(c(OC(F)(F)F)c3C2N1C)C[C@@H]1C[C@@H]2[C@@H](N(C)C)C(=O)C(C(N)=O)=C(O)[C@]2(O)C(=O)C1=C4O. The molecule has 0 aromatic heterocycles. The Morgan fingerprint density at radius 2 is 1.84 bits per heavy atom. The number of rotatable bonds is 3. The fourth-order valence-electron chi connectivity index (χ4n) is 8.27. The summed E-state index contributed by atoms with van der Waals surface area (Å²) in [5.74, 6) is -9.43. The third-order valence-electron chi connectivity index (χ3n) is 10.2. The number of primary amides is 1. The number of alkyl halides is 3. The number of carbonyl (C=O) groups excluding carboxylic acids is 3. The van der Waals surface area contributed by atoms with Gasteiger partial charge < -0.3 is 36.2 Å². The van der Waals surface area contributed by atoms with E-state index in [4.69, 9.17) is 5.73 Å². The molecule has 1 saturated carbocycles. The Labute approximate surface area is 249 Å². The predicted molar refractivity (Wildman–Crippen MR) is 147 cm³/mol. The number of ketones is 2. The second-order valence-electron chi connectivity index (χ2n) is 12.7. The number of aliphatic hydroxyl groups is 3. The predicted octanol–water partition coefficient (Wildman–Crippen LogP) is 1.67. The number of hydrogen-bond donors (Lipinski definition) is 6. The molecule has 12 nitrogen and oxygen atoms in total. The van der Waals surface area contributed by atoms with Gasteiger partial charge in [0, 0.05) is 41.2 Å². The minimum atomic E-state index is -5.15. The van der Waals surface area contributed by atoms with Crippen LogP contribution in [-0.2, 0) is 20.8 Å². The van der Waals surface area contributed by atoms with Gasteiger partial charge in [0.25, 0.3) is 5.91 Å². The van der Waals surface area contributed by atoms with Gasteiger partial charge in [-0.15, -0.1) is 13.2 Å². The first-order chi connectivity index (χ1) is 20.4. The van der Waals surface area contributed by atoms with Crippen LogP contribution in [0.3, 0.4) is 0 Å². The van der Waals surface area contributed by atoms with E-state index in [0.717, 1.165) is 0 Å². The standard InChI is InChI=1S/C29H33F3N4O8/c1-9-5-11-8-34-18-16(19(11)36(9)4)24(44-29(30,31)32)12-6-10-7-13-20(35(2)3)23(39)17(27(33)42)26(41)28(13,43)25(40)14(10)21(37)15(12)22(18)38/h9-11,13,19-20,34,37-38,41,43H,5-8H2,1-4H3,(H2,33,42)/t9?,10-,11?,13-,19?,20-,28-/m1/s1. The lowest BCUT2D eigenvalue weighted by molar-refractivity contribution is -0.275. The van der Waals surface area contributed by atoms with Crippen molar-refractivity contribution in [2.24, 2.45) is 23.5 Å². The molecule has 0 radical (unpaired) electrons. The first-order valence-corrected chi connectivity index (χ1v) is 14.2. The number of likely N-dealkylation sites (tertiary alicyclic amines) is 1. The number of fused-ring (bicyclic) bond motifs is 6. The Kier molecular flexibility index (Phi) is 6.58. The average molecular weight is 623 g/mol. The number of Topliss-reactive ketones (excluding diaryl/α,β-unsaturated/α-hetero) is 2. The van der Waals surface area contributed by atoms with Crippen LogP contribution < -0.4 is 15.8 Å². The molecular formula is C29H33F3N4O8. The van der Waals surface area contributed by atoms with Crippen LogP contribution in [0.4, 0.5) is 18.9 Å². The van der Waals surface area contributed by atoms with Gasteiger partial charge in [-0.05, 0) is 59.2 Å². The number of amides is 1. The third kappa shape index (κ3) is 3.91. The number of nitrogens with one attached hydrogen (secondary N) is 1. The number of ether oxygens (including phenoxy) is 1. The maximum absolute atomic E-state index is 14.1. The summed E-state index contributed by atoms with van der Waals surface area (Å²) in [7, 11) is 4.68. The quantitative estimate of drug-likeness (QED) is 0.213. The molecule has 44 heavy (non-hydrogen) atoms. The van der Waals surface area contributed by atoms with E-state index >= 15 is 0 Å². The highest BCUT2D eigenvalue weighted by molar-refractivity contribution is 6.24. The summed E-state index contributed by atoms with van der Waals surface area (Å²) in [4.78, 5) is 42.8. The van der Waals surface area contributed by atoms with Crippen molar-refractivity contribution < 1.29 is 52.7 Å². The van der Waals surface area contributed by atoms with Gasteiger partial charge in [-0.25, -0.2) is 0 Å². The third-order valence-corrected chi connectivity index (χ3v) is 10.2. The number of halogens is 3. The zero-order valence-corrected chi connectivity index (χ0v) is 24.3. The molecule has 0 spiro atoms. The van der Waals surface area contributed by atoms with Gasteiger partial charge >= 0.3 is 6.36 Å². The first-order valence-electron chi connectivity index (χ1n) is 14.2. The average Bonchev–Trinajstić information content (AvgIpc) is 3.20. The number of nitrogens with two attached hydrogens (primary N) is 1. The van der Waals surface area contributed by atoms with E-state index in [0.29, 0.717) is 13.0 Å². The molecule has 7 atom stereocenters. The minimum Gasteiger partial charge on any atom is -0.508 e. The van der Waals surface area contributed by atoms with Crippen molar-refractivity contribution in [1.82, 2.24) is 9.80 Å². The first kappa shape index (κ1) is 30.2. The van der Waals surface area contributed by atoms with Crippen molar-refractivity contribution in [1.29, 1.82) is 0 Å². The maximum Gasteiger partial charge on any atom is 0.573 e. The number of hydrogen-bond acceptors (Lipinski definition) is 11. The summed E-state index contributed by atoms with van der Waals surface area (Å²) >= 11 is 0. The van der Waals surface area contributed by atoms with Crippen molar-refractivity contribution in [3.8, 4) is 11.5 Å².